The Labute approximate surface area is 260 Å². The lowest BCUT2D eigenvalue weighted by atomic mass is 9.80. The van der Waals surface area contributed by atoms with E-state index < -0.39 is 0 Å². The number of allylic oxidation sites excluding steroid dienone is 6. The van der Waals surface area contributed by atoms with Crippen molar-refractivity contribution in [2.24, 2.45) is 17.3 Å². The fourth-order valence-corrected chi connectivity index (χ4v) is 6.38. The molecule has 0 spiro atoms. The van der Waals surface area contributed by atoms with Crippen LogP contribution in [0.1, 0.15) is 136 Å². The number of unbranched alkanes of at least 4 members (excludes halogenated alkanes) is 3. The molecule has 0 heterocycles. The van der Waals surface area contributed by atoms with E-state index in [0.717, 1.165) is 43.8 Å². The van der Waals surface area contributed by atoms with E-state index in [-0.39, 0.29) is 0 Å². The Morgan fingerprint density at radius 1 is 1.05 bits per heavy atom. The maximum atomic E-state index is 6.46. The van der Waals surface area contributed by atoms with Gasteiger partial charge in [-0.15, -0.1) is 0 Å². The molecule has 0 aromatic heterocycles. The first-order valence-corrected chi connectivity index (χ1v) is 17.2. The highest BCUT2D eigenvalue weighted by Gasteiger charge is 2.23. The number of nitrogens with one attached hydrogen (secondary N) is 1. The molecule has 1 aliphatic rings. The lowest BCUT2D eigenvalue weighted by Crippen LogP contribution is -2.26. The van der Waals surface area contributed by atoms with Crippen molar-refractivity contribution in [3.8, 4) is 0 Å². The largest absolute Gasteiger partial charge is 0.316 e. The minimum atomic E-state index is 0.340. The quantitative estimate of drug-likeness (QED) is 0.127. The Bertz CT molecular complexity index is 1000. The molecule has 1 aromatic carbocycles. The molecule has 3 atom stereocenters. The zero-order valence-corrected chi connectivity index (χ0v) is 28.5. The van der Waals surface area contributed by atoms with Crippen molar-refractivity contribution >= 4 is 11.6 Å². The van der Waals surface area contributed by atoms with Gasteiger partial charge in [-0.2, -0.15) is 0 Å². The molecule has 3 unspecified atom stereocenters. The zero-order valence-electron chi connectivity index (χ0n) is 27.8. The maximum absolute atomic E-state index is 6.46. The molecule has 41 heavy (non-hydrogen) atoms. The van der Waals surface area contributed by atoms with Gasteiger partial charge in [0, 0.05) is 17.5 Å². The van der Waals surface area contributed by atoms with Gasteiger partial charge in [0.2, 0.25) is 0 Å². The van der Waals surface area contributed by atoms with E-state index >= 15 is 0 Å². The molecule has 2 heteroatoms. The first-order chi connectivity index (χ1) is 19.6. The first-order valence-electron chi connectivity index (χ1n) is 16.8. The van der Waals surface area contributed by atoms with Gasteiger partial charge in [0.1, 0.15) is 0 Å². The molecule has 0 bridgehead atoms. The molecular formula is C39H62ClN. The summed E-state index contributed by atoms with van der Waals surface area (Å²) in [4.78, 5) is 0. The van der Waals surface area contributed by atoms with E-state index in [4.69, 9.17) is 11.6 Å². The summed E-state index contributed by atoms with van der Waals surface area (Å²) >= 11 is 6.46. The van der Waals surface area contributed by atoms with Crippen molar-refractivity contribution in [3.05, 3.63) is 82.0 Å². The third-order valence-electron chi connectivity index (χ3n) is 8.94. The average molecular weight is 580 g/mol. The smallest absolute Gasteiger partial charge is 0.0408 e. The number of rotatable bonds is 19. The number of aryl methyl sites for hydroxylation is 1. The van der Waals surface area contributed by atoms with Gasteiger partial charge in [0.25, 0.3) is 0 Å². The molecule has 0 fully saturated rings. The fourth-order valence-electron chi connectivity index (χ4n) is 6.18. The summed E-state index contributed by atoms with van der Waals surface area (Å²) in [6, 6.07) is 6.55. The first kappa shape index (κ1) is 35.6. The Morgan fingerprint density at radius 3 is 2.51 bits per heavy atom. The molecular weight excluding hydrogens is 518 g/mol. The van der Waals surface area contributed by atoms with Crippen molar-refractivity contribution in [2.45, 2.75) is 131 Å². The Kier molecular flexibility index (Phi) is 16.4. The molecule has 1 aromatic rings. The van der Waals surface area contributed by atoms with Gasteiger partial charge >= 0.3 is 0 Å². The van der Waals surface area contributed by atoms with Crippen LogP contribution in [0.15, 0.2) is 65.8 Å². The molecule has 230 valence electrons. The monoisotopic (exact) mass is 579 g/mol. The maximum Gasteiger partial charge on any atom is 0.0408 e. The summed E-state index contributed by atoms with van der Waals surface area (Å²) < 4.78 is 0. The highest BCUT2D eigenvalue weighted by atomic mass is 35.5. The zero-order chi connectivity index (χ0) is 30.3. The third-order valence-corrected chi connectivity index (χ3v) is 9.17. The van der Waals surface area contributed by atoms with Gasteiger partial charge < -0.3 is 5.32 Å². The number of benzene rings is 1. The average Bonchev–Trinajstić information content (AvgIpc) is 2.93. The molecule has 0 radical (unpaired) electrons. The lowest BCUT2D eigenvalue weighted by molar-refractivity contribution is 0.292. The summed E-state index contributed by atoms with van der Waals surface area (Å²) in [6.07, 6.45) is 24.2. The van der Waals surface area contributed by atoms with E-state index in [0.29, 0.717) is 23.2 Å². The summed E-state index contributed by atoms with van der Waals surface area (Å²) in [5, 5.41) is 4.74. The molecule has 0 aliphatic heterocycles. The number of halogens is 1. The van der Waals surface area contributed by atoms with Crippen LogP contribution in [0.2, 0.25) is 5.02 Å². The normalized spacial score (nSPS) is 16.6. The number of hydrogen-bond acceptors (Lipinski definition) is 1. The predicted molar refractivity (Wildman–Crippen MR) is 185 cm³/mol. The Hall–Kier alpha value is -1.57. The second-order valence-corrected chi connectivity index (χ2v) is 14.3. The van der Waals surface area contributed by atoms with Crippen LogP contribution >= 0.6 is 11.6 Å². The summed E-state index contributed by atoms with van der Waals surface area (Å²) in [7, 11) is 0. The van der Waals surface area contributed by atoms with E-state index in [1.165, 1.54) is 79.2 Å². The van der Waals surface area contributed by atoms with Crippen LogP contribution in [0.3, 0.4) is 0 Å². The number of hydrogen-bond donors (Lipinski definition) is 1. The highest BCUT2D eigenvalue weighted by Crippen LogP contribution is 2.37. The van der Waals surface area contributed by atoms with Crippen molar-refractivity contribution in [2.75, 3.05) is 13.1 Å². The summed E-state index contributed by atoms with van der Waals surface area (Å²) in [5.74, 6) is 1.74. The van der Waals surface area contributed by atoms with Crippen LogP contribution in [0.5, 0.6) is 0 Å². The van der Waals surface area contributed by atoms with Crippen LogP contribution in [0, 0.1) is 17.3 Å². The standard InChI is InChI=1S/C39H62ClN/c1-9-12-13-14-15-19-33(24-25-39(6,7)8)30(4)18-16-26-41-29-38(37-27-32(11-3)21-20-31(37)5)36-23-22-35(40)28-34(36)17-10-2/h11,15,19,22-23,27-28,30,33,38,41H,3,9-10,12-14,16-18,20-21,24-26,29H2,1-2,4-8H3/b19-15+. The molecule has 0 amide bonds. The van der Waals surface area contributed by atoms with Gasteiger partial charge in [-0.1, -0.05) is 115 Å². The van der Waals surface area contributed by atoms with Crippen molar-refractivity contribution in [3.63, 3.8) is 0 Å². The van der Waals surface area contributed by atoms with Crippen molar-refractivity contribution in [1.82, 2.24) is 5.32 Å². The predicted octanol–water partition coefficient (Wildman–Crippen LogP) is 12.2. The molecule has 2 rings (SSSR count). The van der Waals surface area contributed by atoms with Crippen LogP contribution in [0.4, 0.5) is 0 Å². The van der Waals surface area contributed by atoms with Crippen LogP contribution in [-0.2, 0) is 6.42 Å². The molecule has 1 N–H and O–H groups in total. The summed E-state index contributed by atoms with van der Waals surface area (Å²) in [6.45, 7) is 22.6. The lowest BCUT2D eigenvalue weighted by Gasteiger charge is -2.28. The fraction of sp³-hybridized carbons (Fsp3) is 0.641. The van der Waals surface area contributed by atoms with E-state index in [1.807, 2.05) is 6.08 Å². The third kappa shape index (κ3) is 13.1. The minimum Gasteiger partial charge on any atom is -0.316 e. The van der Waals surface area contributed by atoms with Crippen molar-refractivity contribution in [1.29, 1.82) is 0 Å². The van der Waals surface area contributed by atoms with Gasteiger partial charge in [0.05, 0.1) is 0 Å². The summed E-state index contributed by atoms with van der Waals surface area (Å²) in [5.41, 5.74) is 7.58. The van der Waals surface area contributed by atoms with E-state index in [1.54, 1.807) is 0 Å². The SMILES string of the molecule is C=CC1=CC(C(CNCCCC(C)C(/C=C/CCCCC)CCC(C)(C)C)c2ccc(Cl)cc2CCC)=C(C)CC1. The minimum absolute atomic E-state index is 0.340. The van der Waals surface area contributed by atoms with Gasteiger partial charge in [-0.05, 0) is 123 Å². The second kappa shape index (κ2) is 18.9. The van der Waals surface area contributed by atoms with Crippen LogP contribution in [0.25, 0.3) is 0 Å². The molecule has 0 saturated heterocycles. The van der Waals surface area contributed by atoms with E-state index in [9.17, 15) is 0 Å². The Morgan fingerprint density at radius 2 is 1.83 bits per heavy atom. The topological polar surface area (TPSA) is 12.0 Å². The van der Waals surface area contributed by atoms with Crippen LogP contribution in [-0.4, -0.2) is 13.1 Å². The molecule has 0 saturated carbocycles. The molecule has 1 nitrogen and oxygen atoms in total. The van der Waals surface area contributed by atoms with Crippen LogP contribution < -0.4 is 5.32 Å². The molecule has 1 aliphatic carbocycles. The van der Waals surface area contributed by atoms with E-state index in [2.05, 4.69) is 96.8 Å². The Balaban J connectivity index is 2.08. The van der Waals surface area contributed by atoms with Crippen molar-refractivity contribution < 1.29 is 0 Å². The highest BCUT2D eigenvalue weighted by molar-refractivity contribution is 6.30. The second-order valence-electron chi connectivity index (χ2n) is 13.8. The van der Waals surface area contributed by atoms with Gasteiger partial charge in [-0.25, -0.2) is 0 Å². The van der Waals surface area contributed by atoms with Gasteiger partial charge in [0.15, 0.2) is 0 Å². The van der Waals surface area contributed by atoms with Gasteiger partial charge in [-0.3, -0.25) is 0 Å².